The molecule has 0 amide bonds. The minimum absolute atomic E-state index is 0. The number of nitrogens with zero attached hydrogens (tertiary/aromatic N) is 3. The van der Waals surface area contributed by atoms with E-state index >= 15 is 0 Å². The molecule has 0 radical (unpaired) electrons. The number of hydrogen-bond donors (Lipinski definition) is 1. The van der Waals surface area contributed by atoms with Crippen molar-refractivity contribution in [2.45, 2.75) is 18.9 Å². The Morgan fingerprint density at radius 1 is 1.43 bits per heavy atom. The predicted molar refractivity (Wildman–Crippen MR) is 87.8 cm³/mol. The van der Waals surface area contributed by atoms with Gasteiger partial charge in [0, 0.05) is 31.3 Å². The topological polar surface area (TPSA) is 71.3 Å². The summed E-state index contributed by atoms with van der Waals surface area (Å²) < 4.78 is 1.00. The quantitative estimate of drug-likeness (QED) is 0.693. The van der Waals surface area contributed by atoms with Crippen LogP contribution < -0.4 is 10.2 Å². The Balaban J connectivity index is 0.00000161. The average Bonchev–Trinajstić information content (AvgIpc) is 2.90. The molecule has 21 heavy (non-hydrogen) atoms. The summed E-state index contributed by atoms with van der Waals surface area (Å²) in [7, 11) is 2.00. The van der Waals surface area contributed by atoms with Crippen molar-refractivity contribution in [2.75, 3.05) is 25.0 Å². The highest BCUT2D eigenvalue weighted by Crippen LogP contribution is 2.32. The Labute approximate surface area is 132 Å². The number of rotatable bonds is 3. The number of halogens is 1. The van der Waals surface area contributed by atoms with Gasteiger partial charge in [0.05, 0.1) is 15.1 Å². The Kier molecular flexibility index (Phi) is 4.97. The van der Waals surface area contributed by atoms with E-state index in [4.69, 9.17) is 0 Å². The van der Waals surface area contributed by atoms with Crippen LogP contribution in [-0.4, -0.2) is 36.1 Å². The fraction of sp³-hybridized carbons (Fsp3) is 0.462. The third-order valence-electron chi connectivity index (χ3n) is 3.74. The third kappa shape index (κ3) is 3.25. The molecule has 0 bridgehead atoms. The first-order valence-electron chi connectivity index (χ1n) is 6.64. The highest BCUT2D eigenvalue weighted by molar-refractivity contribution is 7.22. The van der Waals surface area contributed by atoms with Gasteiger partial charge in [-0.05, 0) is 26.0 Å². The minimum Gasteiger partial charge on any atom is -0.348 e. The maximum Gasteiger partial charge on any atom is 0.271 e. The second-order valence-electron chi connectivity index (χ2n) is 4.96. The number of non-ortho nitro benzene ring substituents is 1. The van der Waals surface area contributed by atoms with Crippen molar-refractivity contribution >= 4 is 44.8 Å². The van der Waals surface area contributed by atoms with E-state index in [1.54, 1.807) is 23.5 Å². The van der Waals surface area contributed by atoms with Crippen LogP contribution in [0.2, 0.25) is 0 Å². The number of fused-ring (bicyclic) bond motifs is 1. The van der Waals surface area contributed by atoms with Crippen molar-refractivity contribution < 1.29 is 4.92 Å². The second-order valence-corrected chi connectivity index (χ2v) is 5.96. The molecule has 0 atom stereocenters. The molecule has 0 spiro atoms. The Morgan fingerprint density at radius 3 is 2.76 bits per heavy atom. The van der Waals surface area contributed by atoms with E-state index < -0.39 is 0 Å². The normalized spacial score (nSPS) is 16.0. The van der Waals surface area contributed by atoms with E-state index in [-0.39, 0.29) is 23.0 Å². The van der Waals surface area contributed by atoms with Gasteiger partial charge in [-0.25, -0.2) is 4.98 Å². The molecule has 2 heterocycles. The van der Waals surface area contributed by atoms with Gasteiger partial charge in [0.25, 0.3) is 5.69 Å². The molecule has 1 N–H and O–H groups in total. The van der Waals surface area contributed by atoms with Crippen molar-refractivity contribution in [1.29, 1.82) is 0 Å². The van der Waals surface area contributed by atoms with Crippen LogP contribution in [0.15, 0.2) is 18.2 Å². The summed E-state index contributed by atoms with van der Waals surface area (Å²) >= 11 is 1.60. The summed E-state index contributed by atoms with van der Waals surface area (Å²) in [6, 6.07) is 5.46. The van der Waals surface area contributed by atoms with Crippen LogP contribution >= 0.6 is 23.7 Å². The number of thiazole rings is 1. The van der Waals surface area contributed by atoms with Crippen LogP contribution in [0.4, 0.5) is 10.8 Å². The monoisotopic (exact) mass is 328 g/mol. The van der Waals surface area contributed by atoms with E-state index in [0.29, 0.717) is 6.04 Å². The van der Waals surface area contributed by atoms with Gasteiger partial charge < -0.3 is 10.2 Å². The number of hydrogen-bond acceptors (Lipinski definition) is 6. The van der Waals surface area contributed by atoms with Crippen molar-refractivity contribution in [1.82, 2.24) is 10.3 Å². The van der Waals surface area contributed by atoms with E-state index in [0.717, 1.165) is 41.3 Å². The molecule has 1 fully saturated rings. The van der Waals surface area contributed by atoms with Crippen molar-refractivity contribution in [3.05, 3.63) is 28.3 Å². The van der Waals surface area contributed by atoms with E-state index in [9.17, 15) is 10.1 Å². The van der Waals surface area contributed by atoms with E-state index in [1.165, 1.54) is 6.07 Å². The minimum atomic E-state index is -0.378. The van der Waals surface area contributed by atoms with Gasteiger partial charge in [0.1, 0.15) is 0 Å². The fourth-order valence-corrected chi connectivity index (χ4v) is 3.51. The average molecular weight is 329 g/mol. The Hall–Kier alpha value is -1.44. The third-order valence-corrected chi connectivity index (χ3v) is 4.84. The van der Waals surface area contributed by atoms with Crippen LogP contribution in [-0.2, 0) is 0 Å². The molecule has 0 saturated carbocycles. The van der Waals surface area contributed by atoms with Gasteiger partial charge in [0.15, 0.2) is 5.13 Å². The number of nitrogens with one attached hydrogen (secondary N) is 1. The first-order chi connectivity index (χ1) is 9.67. The standard InChI is InChI=1S/C13H16N4O2S.ClH/c1-14-9-4-6-16(7-5-9)13-15-11-8-10(17(18)19)2-3-12(11)20-13;/h2-3,8-9,14H,4-7H2,1H3;1H. The SMILES string of the molecule is CNC1CCN(c2nc3cc([N+](=O)[O-])ccc3s2)CC1.Cl. The molecule has 1 aromatic heterocycles. The first-order valence-corrected chi connectivity index (χ1v) is 7.46. The fourth-order valence-electron chi connectivity index (χ4n) is 2.51. The number of benzene rings is 1. The molecule has 0 aliphatic carbocycles. The molecule has 1 aliphatic heterocycles. The maximum absolute atomic E-state index is 10.8. The lowest BCUT2D eigenvalue weighted by atomic mass is 10.1. The lowest BCUT2D eigenvalue weighted by molar-refractivity contribution is -0.384. The van der Waals surface area contributed by atoms with Gasteiger partial charge >= 0.3 is 0 Å². The number of aromatic nitrogens is 1. The van der Waals surface area contributed by atoms with E-state index in [2.05, 4.69) is 15.2 Å². The van der Waals surface area contributed by atoms with Crippen molar-refractivity contribution in [3.8, 4) is 0 Å². The summed E-state index contributed by atoms with van der Waals surface area (Å²) in [4.78, 5) is 17.2. The van der Waals surface area contributed by atoms with Gasteiger partial charge in [-0.1, -0.05) is 11.3 Å². The second kappa shape index (κ2) is 6.55. The summed E-state index contributed by atoms with van der Waals surface area (Å²) in [5.74, 6) is 0. The van der Waals surface area contributed by atoms with Gasteiger partial charge in [-0.3, -0.25) is 10.1 Å². The van der Waals surface area contributed by atoms with Crippen molar-refractivity contribution in [2.24, 2.45) is 0 Å². The molecular weight excluding hydrogens is 312 g/mol. The van der Waals surface area contributed by atoms with E-state index in [1.807, 2.05) is 7.05 Å². The number of nitro groups is 1. The molecule has 0 unspecified atom stereocenters. The van der Waals surface area contributed by atoms with Crippen LogP contribution in [0.3, 0.4) is 0 Å². The molecule has 6 nitrogen and oxygen atoms in total. The number of anilines is 1. The lowest BCUT2D eigenvalue weighted by Gasteiger charge is -2.31. The number of nitro benzene ring substituents is 1. The first kappa shape index (κ1) is 15.9. The summed E-state index contributed by atoms with van der Waals surface area (Å²) in [6.07, 6.45) is 2.21. The van der Waals surface area contributed by atoms with Gasteiger partial charge in [-0.2, -0.15) is 0 Å². The Bertz CT molecular complexity index is 640. The van der Waals surface area contributed by atoms with Gasteiger partial charge in [-0.15, -0.1) is 12.4 Å². The molecule has 1 aromatic carbocycles. The smallest absolute Gasteiger partial charge is 0.271 e. The highest BCUT2D eigenvalue weighted by Gasteiger charge is 2.21. The van der Waals surface area contributed by atoms with Crippen LogP contribution in [0, 0.1) is 10.1 Å². The summed E-state index contributed by atoms with van der Waals surface area (Å²) in [6.45, 7) is 1.96. The largest absolute Gasteiger partial charge is 0.348 e. The zero-order chi connectivity index (χ0) is 14.1. The molecule has 2 aromatic rings. The number of piperidine rings is 1. The summed E-state index contributed by atoms with van der Waals surface area (Å²) in [5, 5.41) is 15.1. The molecule has 3 rings (SSSR count). The zero-order valence-electron chi connectivity index (χ0n) is 11.6. The molecular formula is C13H17ClN4O2S. The van der Waals surface area contributed by atoms with Crippen LogP contribution in [0.5, 0.6) is 0 Å². The van der Waals surface area contributed by atoms with Crippen LogP contribution in [0.1, 0.15) is 12.8 Å². The van der Waals surface area contributed by atoms with Crippen LogP contribution in [0.25, 0.3) is 10.2 Å². The predicted octanol–water partition coefficient (Wildman–Crippen LogP) is 2.81. The molecule has 1 aliphatic rings. The van der Waals surface area contributed by atoms with Gasteiger partial charge in [0.2, 0.25) is 0 Å². The highest BCUT2D eigenvalue weighted by atomic mass is 35.5. The zero-order valence-corrected chi connectivity index (χ0v) is 13.2. The molecule has 1 saturated heterocycles. The molecule has 114 valence electrons. The maximum atomic E-state index is 10.8. The van der Waals surface area contributed by atoms with Crippen molar-refractivity contribution in [3.63, 3.8) is 0 Å². The molecule has 8 heteroatoms. The Morgan fingerprint density at radius 2 is 2.14 bits per heavy atom. The summed E-state index contributed by atoms with van der Waals surface area (Å²) in [5.41, 5.74) is 0.818. The lowest BCUT2D eigenvalue weighted by Crippen LogP contribution is -2.41.